The third-order valence-corrected chi connectivity index (χ3v) is 2.52. The maximum absolute atomic E-state index is 11.1. The second kappa shape index (κ2) is 6.98. The van der Waals surface area contributed by atoms with Crippen molar-refractivity contribution < 1.29 is 43.5 Å². The van der Waals surface area contributed by atoms with Crippen LogP contribution >= 0.6 is 0 Å². The third kappa shape index (κ3) is 6.26. The first-order chi connectivity index (χ1) is 10.4. The molecule has 23 heavy (non-hydrogen) atoms. The van der Waals surface area contributed by atoms with Gasteiger partial charge < -0.3 is 5.11 Å². The molecule has 0 unspecified atom stereocenters. The van der Waals surface area contributed by atoms with Crippen molar-refractivity contribution in [1.29, 1.82) is 0 Å². The molecule has 0 saturated heterocycles. The molecule has 0 aliphatic heterocycles. The third-order valence-electron chi connectivity index (χ3n) is 2.52. The number of carboxylic acids is 1. The van der Waals surface area contributed by atoms with Crippen molar-refractivity contribution in [2.24, 2.45) is 0 Å². The number of carbonyl (C=O) groups is 1. The normalized spacial score (nSPS) is 11.6. The van der Waals surface area contributed by atoms with Crippen molar-refractivity contribution in [2.75, 3.05) is 0 Å². The second-order valence-corrected chi connectivity index (χ2v) is 6.11. The molecular weight excluding hydrogens is 332 g/mol. The zero-order valence-corrected chi connectivity index (χ0v) is 13.3. The molecule has 0 bridgehead atoms. The van der Waals surface area contributed by atoms with Crippen molar-refractivity contribution >= 4 is 5.97 Å². The molecule has 0 atom stereocenters. The van der Waals surface area contributed by atoms with Crippen LogP contribution in [0.5, 0.6) is 0 Å². The zero-order valence-electron chi connectivity index (χ0n) is 12.5. The van der Waals surface area contributed by atoms with E-state index in [-0.39, 0.29) is 11.1 Å². The molecule has 0 radical (unpaired) electrons. The Morgan fingerprint density at radius 3 is 2.17 bits per heavy atom. The number of benzene rings is 1. The van der Waals surface area contributed by atoms with Gasteiger partial charge in [0.15, 0.2) is 10.9 Å². The van der Waals surface area contributed by atoms with Crippen LogP contribution in [-0.4, -0.2) is 26.2 Å². The standard InChI is InChI=1S/C12H14N4O2.ClHO4/c1-12(2,3)16-8-15(13-14-16)10-7-5-4-6-9(10)11(17)18;2-1(3,4)5/h4-8H,1-3H3;(H,2,3,4,5). The Hall–Kier alpha value is -2.11. The fourth-order valence-electron chi connectivity index (χ4n) is 1.51. The lowest BCUT2D eigenvalue weighted by Crippen LogP contribution is -2.68. The minimum Gasteiger partial charge on any atom is -0.478 e. The molecule has 1 N–H and O–H groups in total. The predicted molar refractivity (Wildman–Crippen MR) is 63.5 cm³/mol. The Balaban J connectivity index is 0.000000463. The molecule has 2 aromatic rings. The SMILES string of the molecule is CC(C)(C)[n+]1cn(-c2ccccc2C(=O)O)nn1.[O-][Cl+3]([O-])([O-])[O-]. The summed E-state index contributed by atoms with van der Waals surface area (Å²) in [6.07, 6.45) is 1.68. The van der Waals surface area contributed by atoms with E-state index in [1.165, 1.54) is 4.68 Å². The number of nitrogens with zero attached hydrogens (tertiary/aromatic N) is 4. The summed E-state index contributed by atoms with van der Waals surface area (Å²) in [6.45, 7) is 5.99. The number of para-hydroxylation sites is 1. The molecule has 0 spiro atoms. The van der Waals surface area contributed by atoms with Gasteiger partial charge in [-0.2, -0.15) is 0 Å². The highest BCUT2D eigenvalue weighted by Gasteiger charge is 2.24. The van der Waals surface area contributed by atoms with Gasteiger partial charge in [0.1, 0.15) is 16.3 Å². The number of halogens is 1. The Morgan fingerprint density at radius 1 is 1.22 bits per heavy atom. The summed E-state index contributed by atoms with van der Waals surface area (Å²) >= 11 is 0. The first-order valence-electron chi connectivity index (χ1n) is 6.19. The van der Waals surface area contributed by atoms with Gasteiger partial charge in [-0.25, -0.2) is 23.4 Å². The van der Waals surface area contributed by atoms with Crippen LogP contribution in [0, 0.1) is 10.2 Å². The number of hydrogen-bond donors (Lipinski definition) is 1. The lowest BCUT2D eigenvalue weighted by molar-refractivity contribution is -2.00. The second-order valence-electron chi connectivity index (χ2n) is 5.35. The molecule has 126 valence electrons. The van der Waals surface area contributed by atoms with Crippen molar-refractivity contribution in [2.45, 2.75) is 26.3 Å². The molecule has 1 heterocycles. The first kappa shape index (κ1) is 18.9. The van der Waals surface area contributed by atoms with Gasteiger partial charge in [-0.15, -0.1) is 14.9 Å². The maximum atomic E-state index is 11.1. The molecule has 10 nitrogen and oxygen atoms in total. The van der Waals surface area contributed by atoms with Gasteiger partial charge in [0.2, 0.25) is 0 Å². The summed E-state index contributed by atoms with van der Waals surface area (Å²) in [4.78, 5) is 11.1. The van der Waals surface area contributed by atoms with Crippen molar-refractivity contribution in [3.8, 4) is 5.69 Å². The van der Waals surface area contributed by atoms with Crippen LogP contribution in [0.3, 0.4) is 0 Å². The van der Waals surface area contributed by atoms with Crippen LogP contribution in [0.2, 0.25) is 0 Å². The molecule has 0 saturated carbocycles. The number of aromatic carboxylic acids is 1. The van der Waals surface area contributed by atoms with Gasteiger partial charge in [-0.1, -0.05) is 16.8 Å². The van der Waals surface area contributed by atoms with E-state index in [0.29, 0.717) is 5.69 Å². The van der Waals surface area contributed by atoms with Crippen molar-refractivity contribution in [1.82, 2.24) is 15.1 Å². The van der Waals surface area contributed by atoms with Crippen LogP contribution in [-0.2, 0) is 5.54 Å². The zero-order chi connectivity index (χ0) is 17.8. The molecule has 1 aromatic heterocycles. The topological polar surface area (TPSA) is 164 Å². The fraction of sp³-hybridized carbons (Fsp3) is 0.333. The van der Waals surface area contributed by atoms with Gasteiger partial charge in [0.25, 0.3) is 6.33 Å². The van der Waals surface area contributed by atoms with Gasteiger partial charge in [-0.3, -0.25) is 0 Å². The average molecular weight is 347 g/mol. The van der Waals surface area contributed by atoms with Gasteiger partial charge in [-0.05, 0) is 32.9 Å². The average Bonchev–Trinajstić information content (AvgIpc) is 2.86. The molecule has 2 rings (SSSR count). The van der Waals surface area contributed by atoms with Gasteiger partial charge >= 0.3 is 5.97 Å². The van der Waals surface area contributed by atoms with E-state index in [9.17, 15) is 4.79 Å². The highest BCUT2D eigenvalue weighted by Crippen LogP contribution is 2.12. The summed E-state index contributed by atoms with van der Waals surface area (Å²) in [5.74, 6) is -0.983. The highest BCUT2D eigenvalue weighted by molar-refractivity contribution is 5.91. The predicted octanol–water partition coefficient (Wildman–Crippen LogP) is -3.75. The van der Waals surface area contributed by atoms with Crippen LogP contribution in [0.25, 0.3) is 5.69 Å². The smallest absolute Gasteiger partial charge is 0.339 e. The summed E-state index contributed by atoms with van der Waals surface area (Å²) in [7, 11) is -4.94. The van der Waals surface area contributed by atoms with E-state index in [1.54, 1.807) is 35.3 Å². The van der Waals surface area contributed by atoms with E-state index in [4.69, 9.17) is 23.7 Å². The monoisotopic (exact) mass is 346 g/mol. The van der Waals surface area contributed by atoms with Crippen molar-refractivity contribution in [3.05, 3.63) is 36.2 Å². The number of aromatic nitrogens is 4. The Morgan fingerprint density at radius 2 is 1.74 bits per heavy atom. The van der Waals surface area contributed by atoms with Gasteiger partial charge in [0.05, 0.1) is 0 Å². The van der Waals surface area contributed by atoms with Crippen LogP contribution in [0.4, 0.5) is 0 Å². The summed E-state index contributed by atoms with van der Waals surface area (Å²) in [5, 5.41) is 17.1. The minimum atomic E-state index is -4.94. The van der Waals surface area contributed by atoms with Crippen LogP contribution in [0.15, 0.2) is 30.6 Å². The first-order valence-corrected chi connectivity index (χ1v) is 7.42. The minimum absolute atomic E-state index is 0.198. The Bertz CT molecular complexity index is 671. The highest BCUT2D eigenvalue weighted by atomic mass is 35.7. The van der Waals surface area contributed by atoms with Gasteiger partial charge in [0, 0.05) is 0 Å². The van der Waals surface area contributed by atoms with Crippen molar-refractivity contribution in [3.63, 3.8) is 0 Å². The Kier molecular flexibility index (Phi) is 5.75. The molecule has 0 amide bonds. The van der Waals surface area contributed by atoms with E-state index < -0.39 is 16.2 Å². The van der Waals surface area contributed by atoms with E-state index in [0.717, 1.165) is 0 Å². The molecule has 0 aliphatic rings. The largest absolute Gasteiger partial charge is 0.478 e. The van der Waals surface area contributed by atoms with E-state index in [1.807, 2.05) is 20.8 Å². The quantitative estimate of drug-likeness (QED) is 0.541. The molecule has 1 aromatic carbocycles. The summed E-state index contributed by atoms with van der Waals surface area (Å²) < 4.78 is 37.1. The molecule has 11 heteroatoms. The molecular formula is C12H15ClN4O6. The summed E-state index contributed by atoms with van der Waals surface area (Å²) in [6, 6.07) is 6.69. The fourth-order valence-corrected chi connectivity index (χ4v) is 1.51. The Labute approximate surface area is 133 Å². The van der Waals surface area contributed by atoms with E-state index in [2.05, 4.69) is 10.4 Å². The summed E-state index contributed by atoms with van der Waals surface area (Å²) in [5.41, 5.74) is 0.500. The lowest BCUT2D eigenvalue weighted by atomic mass is 10.1. The lowest BCUT2D eigenvalue weighted by Gasteiger charge is -2.17. The number of tetrazole rings is 1. The maximum Gasteiger partial charge on any atom is 0.339 e. The van der Waals surface area contributed by atoms with Crippen LogP contribution < -0.4 is 23.3 Å². The number of hydrogen-bond acceptors (Lipinski definition) is 7. The van der Waals surface area contributed by atoms with Crippen LogP contribution in [0.1, 0.15) is 31.1 Å². The number of carboxylic acid groups (broad SMARTS) is 1. The number of rotatable bonds is 2. The van der Waals surface area contributed by atoms with E-state index >= 15 is 0 Å². The molecule has 0 aliphatic carbocycles. The molecule has 0 fully saturated rings.